The molecule has 0 radical (unpaired) electrons. The van der Waals surface area contributed by atoms with Crippen LogP contribution in [-0.4, -0.2) is 54.9 Å². The van der Waals surface area contributed by atoms with Crippen molar-refractivity contribution in [1.82, 2.24) is 29.9 Å². The molecule has 11 heteroatoms. The van der Waals surface area contributed by atoms with Crippen LogP contribution in [0.3, 0.4) is 0 Å². The van der Waals surface area contributed by atoms with Gasteiger partial charge in [-0.3, -0.25) is 4.79 Å². The number of carbonyl (C=O) groups is 1. The van der Waals surface area contributed by atoms with E-state index < -0.39 is 11.7 Å². The van der Waals surface area contributed by atoms with Crippen molar-refractivity contribution in [2.24, 2.45) is 5.92 Å². The summed E-state index contributed by atoms with van der Waals surface area (Å²) >= 11 is 0. The SMILES string of the molecule is Cc1ccc(-n2nccn2)c(C(=O)N2CCC[C@@H](C)C2CNc2ccc(C(F)(F)F)cn2)n1. The lowest BCUT2D eigenvalue weighted by Crippen LogP contribution is -2.51. The summed E-state index contributed by atoms with van der Waals surface area (Å²) in [5.41, 5.74) is 0.645. The predicted molar refractivity (Wildman–Crippen MR) is 115 cm³/mol. The fourth-order valence-electron chi connectivity index (χ4n) is 4.03. The van der Waals surface area contributed by atoms with Crippen molar-refractivity contribution >= 4 is 11.7 Å². The van der Waals surface area contributed by atoms with Gasteiger partial charge < -0.3 is 10.2 Å². The molecule has 3 aromatic rings. The maximum atomic E-state index is 13.6. The molecule has 8 nitrogen and oxygen atoms in total. The number of alkyl halides is 3. The summed E-state index contributed by atoms with van der Waals surface area (Å²) in [7, 11) is 0. The van der Waals surface area contributed by atoms with Crippen LogP contribution in [0.1, 0.15) is 41.5 Å². The van der Waals surface area contributed by atoms with Gasteiger partial charge in [-0.15, -0.1) is 4.80 Å². The third kappa shape index (κ3) is 4.96. The third-order valence-corrected chi connectivity index (χ3v) is 5.81. The minimum Gasteiger partial charge on any atom is -0.368 e. The molecule has 1 aliphatic rings. The van der Waals surface area contributed by atoms with Crippen molar-refractivity contribution in [3.05, 3.63) is 59.8 Å². The Morgan fingerprint density at radius 3 is 2.61 bits per heavy atom. The standard InChI is InChI=1S/C22H24F3N7O/c1-14-4-3-11-31(18(14)13-27-19-8-6-16(12-26-19)22(23,24)25)21(33)20-17(7-5-15(2)30-20)32-28-9-10-29-32/h5-10,12,14,18H,3-4,11,13H2,1-2H3,(H,26,27)/t14-,18?/m1/s1. The number of hydrogen-bond donors (Lipinski definition) is 1. The highest BCUT2D eigenvalue weighted by Gasteiger charge is 2.34. The second-order valence-electron chi connectivity index (χ2n) is 8.14. The Labute approximate surface area is 188 Å². The van der Waals surface area contributed by atoms with Gasteiger partial charge in [-0.05, 0) is 49.9 Å². The number of aryl methyl sites for hydroxylation is 1. The van der Waals surface area contributed by atoms with Crippen molar-refractivity contribution in [3.63, 3.8) is 0 Å². The van der Waals surface area contributed by atoms with Gasteiger partial charge in [0, 0.05) is 25.0 Å². The molecule has 1 saturated heterocycles. The molecule has 0 spiro atoms. The van der Waals surface area contributed by atoms with Crippen LogP contribution in [0.4, 0.5) is 19.0 Å². The van der Waals surface area contributed by atoms with Crippen molar-refractivity contribution in [2.75, 3.05) is 18.4 Å². The molecular formula is C22H24F3N7O. The molecule has 0 saturated carbocycles. The molecule has 4 heterocycles. The molecule has 4 rings (SSSR count). The molecule has 2 atom stereocenters. The lowest BCUT2D eigenvalue weighted by atomic mass is 9.90. The zero-order valence-electron chi connectivity index (χ0n) is 18.3. The highest BCUT2D eigenvalue weighted by Crippen LogP contribution is 2.29. The van der Waals surface area contributed by atoms with E-state index in [2.05, 4.69) is 32.4 Å². The van der Waals surface area contributed by atoms with Gasteiger partial charge in [-0.2, -0.15) is 23.4 Å². The number of halogens is 3. The second kappa shape index (κ2) is 9.16. The molecule has 3 aromatic heterocycles. The summed E-state index contributed by atoms with van der Waals surface area (Å²) in [6, 6.07) is 5.66. The molecular weight excluding hydrogens is 435 g/mol. The monoisotopic (exact) mass is 459 g/mol. The van der Waals surface area contributed by atoms with E-state index in [4.69, 9.17) is 0 Å². The predicted octanol–water partition coefficient (Wildman–Crippen LogP) is 3.74. The Bertz CT molecular complexity index is 1100. The first-order valence-electron chi connectivity index (χ1n) is 10.7. The Morgan fingerprint density at radius 2 is 1.94 bits per heavy atom. The summed E-state index contributed by atoms with van der Waals surface area (Å²) in [6.45, 7) is 4.78. The minimum atomic E-state index is -4.44. The van der Waals surface area contributed by atoms with Gasteiger partial charge in [0.15, 0.2) is 5.69 Å². The quantitative estimate of drug-likeness (QED) is 0.625. The number of aromatic nitrogens is 5. The molecule has 1 amide bonds. The number of nitrogens with one attached hydrogen (secondary N) is 1. The maximum absolute atomic E-state index is 13.6. The second-order valence-corrected chi connectivity index (χ2v) is 8.14. The van der Waals surface area contributed by atoms with E-state index in [0.717, 1.165) is 25.1 Å². The van der Waals surface area contributed by atoms with Crippen LogP contribution in [-0.2, 0) is 6.18 Å². The first kappa shape index (κ1) is 22.7. The summed E-state index contributed by atoms with van der Waals surface area (Å²) in [5, 5.41) is 11.4. The van der Waals surface area contributed by atoms with Gasteiger partial charge >= 0.3 is 6.18 Å². The van der Waals surface area contributed by atoms with Crippen LogP contribution in [0.15, 0.2) is 42.9 Å². The van der Waals surface area contributed by atoms with E-state index in [-0.39, 0.29) is 23.6 Å². The number of likely N-dealkylation sites (tertiary alicyclic amines) is 1. The highest BCUT2D eigenvalue weighted by atomic mass is 19.4. The maximum Gasteiger partial charge on any atom is 0.417 e. The number of amides is 1. The number of pyridine rings is 2. The fourth-order valence-corrected chi connectivity index (χ4v) is 4.03. The van der Waals surface area contributed by atoms with E-state index in [0.29, 0.717) is 30.3 Å². The highest BCUT2D eigenvalue weighted by molar-refractivity contribution is 5.96. The van der Waals surface area contributed by atoms with Crippen LogP contribution in [0.2, 0.25) is 0 Å². The smallest absolute Gasteiger partial charge is 0.368 e. The lowest BCUT2D eigenvalue weighted by molar-refractivity contribution is -0.137. The summed E-state index contributed by atoms with van der Waals surface area (Å²) in [6.07, 6.45) is 1.21. The number of anilines is 1. The largest absolute Gasteiger partial charge is 0.417 e. The Kier molecular flexibility index (Phi) is 6.30. The van der Waals surface area contributed by atoms with Gasteiger partial charge in [0.1, 0.15) is 11.5 Å². The van der Waals surface area contributed by atoms with Crippen LogP contribution >= 0.6 is 0 Å². The van der Waals surface area contributed by atoms with Crippen molar-refractivity contribution < 1.29 is 18.0 Å². The lowest BCUT2D eigenvalue weighted by Gasteiger charge is -2.40. The van der Waals surface area contributed by atoms with Crippen molar-refractivity contribution in [1.29, 1.82) is 0 Å². The third-order valence-electron chi connectivity index (χ3n) is 5.81. The first-order valence-corrected chi connectivity index (χ1v) is 10.7. The molecule has 1 N–H and O–H groups in total. The Morgan fingerprint density at radius 1 is 1.18 bits per heavy atom. The van der Waals surface area contributed by atoms with Crippen LogP contribution in [0, 0.1) is 12.8 Å². The molecule has 1 aliphatic heterocycles. The molecule has 33 heavy (non-hydrogen) atoms. The normalized spacial score (nSPS) is 18.9. The zero-order chi connectivity index (χ0) is 23.6. The number of carbonyl (C=O) groups excluding carboxylic acids is 1. The molecule has 0 aliphatic carbocycles. The summed E-state index contributed by atoms with van der Waals surface area (Å²) in [5.74, 6) is 0.272. The van der Waals surface area contributed by atoms with Gasteiger partial charge in [0.25, 0.3) is 5.91 Å². The number of rotatable bonds is 5. The molecule has 174 valence electrons. The molecule has 0 aromatic carbocycles. The Balaban J connectivity index is 1.55. The van der Waals surface area contributed by atoms with E-state index in [1.54, 1.807) is 17.0 Å². The average Bonchev–Trinajstić information content (AvgIpc) is 3.32. The van der Waals surface area contributed by atoms with Crippen molar-refractivity contribution in [3.8, 4) is 5.69 Å². The zero-order valence-corrected chi connectivity index (χ0v) is 18.3. The van der Waals surface area contributed by atoms with Gasteiger partial charge in [-0.1, -0.05) is 6.92 Å². The van der Waals surface area contributed by atoms with Crippen molar-refractivity contribution in [2.45, 2.75) is 38.9 Å². The van der Waals surface area contributed by atoms with E-state index in [1.165, 1.54) is 23.3 Å². The molecule has 1 unspecified atom stereocenters. The van der Waals surface area contributed by atoms with Gasteiger partial charge in [0.05, 0.1) is 24.0 Å². The average molecular weight is 459 g/mol. The van der Waals surface area contributed by atoms with Crippen LogP contribution in [0.5, 0.6) is 0 Å². The first-order chi connectivity index (χ1) is 15.7. The summed E-state index contributed by atoms with van der Waals surface area (Å²) < 4.78 is 38.4. The fraction of sp³-hybridized carbons (Fsp3) is 0.409. The van der Waals surface area contributed by atoms with E-state index >= 15 is 0 Å². The number of nitrogens with zero attached hydrogens (tertiary/aromatic N) is 6. The molecule has 0 bridgehead atoms. The van der Waals surface area contributed by atoms with Crippen LogP contribution in [0.25, 0.3) is 5.69 Å². The van der Waals surface area contributed by atoms with E-state index in [1.807, 2.05) is 6.92 Å². The molecule has 1 fully saturated rings. The summed E-state index contributed by atoms with van der Waals surface area (Å²) in [4.78, 5) is 25.1. The minimum absolute atomic E-state index is 0.181. The number of hydrogen-bond acceptors (Lipinski definition) is 6. The van der Waals surface area contributed by atoms with Crippen LogP contribution < -0.4 is 5.32 Å². The van der Waals surface area contributed by atoms with E-state index in [9.17, 15) is 18.0 Å². The topological polar surface area (TPSA) is 88.8 Å². The van der Waals surface area contributed by atoms with Gasteiger partial charge in [0.2, 0.25) is 0 Å². The Hall–Kier alpha value is -3.50. The van der Waals surface area contributed by atoms with Gasteiger partial charge in [-0.25, -0.2) is 9.97 Å². The number of piperidine rings is 1.